The molecule has 7 heteroatoms. The molecule has 2 aliphatic heterocycles. The first-order chi connectivity index (χ1) is 15.6. The Balaban J connectivity index is 1.26. The van der Waals surface area contributed by atoms with E-state index in [2.05, 4.69) is 38.9 Å². The van der Waals surface area contributed by atoms with E-state index in [4.69, 9.17) is 4.98 Å². The van der Waals surface area contributed by atoms with E-state index in [1.54, 1.807) is 18.5 Å². The molecule has 6 rings (SSSR count). The Hall–Kier alpha value is -3.48. The van der Waals surface area contributed by atoms with Gasteiger partial charge in [0.1, 0.15) is 11.6 Å². The predicted octanol–water partition coefficient (Wildman–Crippen LogP) is 4.03. The van der Waals surface area contributed by atoms with Crippen molar-refractivity contribution in [3.05, 3.63) is 72.4 Å². The van der Waals surface area contributed by atoms with E-state index in [0.717, 1.165) is 43.2 Å². The lowest BCUT2D eigenvalue weighted by Gasteiger charge is -2.47. The fraction of sp³-hybridized carbons (Fsp3) is 0.320. The van der Waals surface area contributed by atoms with Crippen LogP contribution >= 0.6 is 0 Å². The van der Waals surface area contributed by atoms with Crippen LogP contribution in [0.2, 0.25) is 0 Å². The minimum atomic E-state index is -0.282. The predicted molar refractivity (Wildman–Crippen MR) is 123 cm³/mol. The Morgan fingerprint density at radius 1 is 1.03 bits per heavy atom. The van der Waals surface area contributed by atoms with E-state index in [0.29, 0.717) is 17.4 Å². The van der Waals surface area contributed by atoms with Crippen molar-refractivity contribution in [3.63, 3.8) is 0 Å². The lowest BCUT2D eigenvalue weighted by atomic mass is 9.84. The van der Waals surface area contributed by atoms with Crippen molar-refractivity contribution in [2.75, 3.05) is 36.0 Å². The highest BCUT2D eigenvalue weighted by molar-refractivity contribution is 5.75. The zero-order chi connectivity index (χ0) is 21.7. The number of hydrogen-bond donors (Lipinski definition) is 0. The normalized spacial score (nSPS) is 20.7. The Morgan fingerprint density at radius 2 is 1.84 bits per heavy atom. The molecule has 1 radical (unpaired) electrons. The molecule has 4 heterocycles. The van der Waals surface area contributed by atoms with Crippen molar-refractivity contribution in [1.82, 2.24) is 19.7 Å². The number of benzene rings is 2. The molecule has 2 aromatic heterocycles. The van der Waals surface area contributed by atoms with Crippen molar-refractivity contribution >= 4 is 22.5 Å². The van der Waals surface area contributed by atoms with Crippen molar-refractivity contribution in [2.45, 2.75) is 13.3 Å². The zero-order valence-electron chi connectivity index (χ0n) is 17.9. The van der Waals surface area contributed by atoms with E-state index in [-0.39, 0.29) is 5.82 Å². The summed E-state index contributed by atoms with van der Waals surface area (Å²) in [5.74, 6) is 1.68. The van der Waals surface area contributed by atoms with Crippen molar-refractivity contribution in [2.24, 2.45) is 11.8 Å². The second kappa shape index (κ2) is 7.58. The molecule has 2 saturated heterocycles. The molecule has 2 fully saturated rings. The third kappa shape index (κ3) is 3.47. The van der Waals surface area contributed by atoms with E-state index < -0.39 is 0 Å². The second-order valence-electron chi connectivity index (χ2n) is 9.00. The van der Waals surface area contributed by atoms with Gasteiger partial charge in [-0.15, -0.1) is 0 Å². The Kier molecular flexibility index (Phi) is 4.56. The van der Waals surface area contributed by atoms with E-state index >= 15 is 0 Å². The van der Waals surface area contributed by atoms with Gasteiger partial charge in [0.2, 0.25) is 0 Å². The Morgan fingerprint density at radius 3 is 2.62 bits per heavy atom. The van der Waals surface area contributed by atoms with Crippen LogP contribution < -0.4 is 9.80 Å². The fourth-order valence-corrected chi connectivity index (χ4v) is 5.20. The summed E-state index contributed by atoms with van der Waals surface area (Å²) < 4.78 is 15.4. The van der Waals surface area contributed by atoms with Gasteiger partial charge in [0, 0.05) is 50.7 Å². The number of rotatable bonds is 3. The van der Waals surface area contributed by atoms with Gasteiger partial charge in [-0.05, 0) is 61.1 Å². The molecular formula is C25H24FN6. The number of halogens is 1. The summed E-state index contributed by atoms with van der Waals surface area (Å²) in [5.41, 5.74) is 4.74. The lowest BCUT2D eigenvalue weighted by molar-refractivity contribution is 0.275. The van der Waals surface area contributed by atoms with Gasteiger partial charge in [-0.3, -0.25) is 4.98 Å². The molecule has 0 amide bonds. The molecule has 0 aliphatic carbocycles. The number of nitrogens with zero attached hydrogens (tertiary/aromatic N) is 6. The number of aryl methyl sites for hydroxylation is 1. The molecule has 2 bridgehead atoms. The van der Waals surface area contributed by atoms with Gasteiger partial charge < -0.3 is 9.80 Å². The molecule has 161 valence electrons. The van der Waals surface area contributed by atoms with Crippen LogP contribution in [0.3, 0.4) is 0 Å². The van der Waals surface area contributed by atoms with Crippen LogP contribution in [0.5, 0.6) is 0 Å². The number of anilines is 2. The van der Waals surface area contributed by atoms with Crippen LogP contribution in [-0.4, -0.2) is 45.9 Å². The lowest BCUT2D eigenvalue weighted by Crippen LogP contribution is -2.53. The molecule has 0 N–H and O–H groups in total. The molecular weight excluding hydrogens is 403 g/mol. The van der Waals surface area contributed by atoms with Gasteiger partial charge in [0.25, 0.3) is 0 Å². The van der Waals surface area contributed by atoms with Crippen LogP contribution in [0.4, 0.5) is 15.9 Å². The van der Waals surface area contributed by atoms with Crippen LogP contribution in [0, 0.1) is 30.6 Å². The van der Waals surface area contributed by atoms with Gasteiger partial charge in [-0.1, -0.05) is 0 Å². The number of aromatic nitrogens is 4. The maximum absolute atomic E-state index is 13.5. The van der Waals surface area contributed by atoms with E-state index in [1.807, 2.05) is 23.0 Å². The first-order valence-electron chi connectivity index (χ1n) is 11.1. The maximum Gasteiger partial charge on any atom is 0.147 e. The summed E-state index contributed by atoms with van der Waals surface area (Å²) in [6, 6.07) is 14.2. The summed E-state index contributed by atoms with van der Waals surface area (Å²) in [6.45, 7) is 5.99. The summed E-state index contributed by atoms with van der Waals surface area (Å²) in [4.78, 5) is 14.1. The number of piperidine rings is 2. The topological polar surface area (TPSA) is 50.1 Å². The monoisotopic (exact) mass is 427 g/mol. The highest BCUT2D eigenvalue weighted by Gasteiger charge is 2.35. The van der Waals surface area contributed by atoms with Crippen LogP contribution in [0.15, 0.2) is 55.0 Å². The third-order valence-electron chi connectivity index (χ3n) is 6.51. The van der Waals surface area contributed by atoms with Gasteiger partial charge in [-0.25, -0.2) is 14.1 Å². The van der Waals surface area contributed by atoms with Gasteiger partial charge in [0.15, 0.2) is 0 Å². The number of hydrogen-bond acceptors (Lipinski definition) is 5. The first kappa shape index (κ1) is 19.2. The van der Waals surface area contributed by atoms with Gasteiger partial charge in [-0.2, -0.15) is 5.10 Å². The molecule has 2 aromatic carbocycles. The molecule has 4 aromatic rings. The van der Waals surface area contributed by atoms with Crippen molar-refractivity contribution in [3.8, 4) is 5.69 Å². The van der Waals surface area contributed by atoms with Crippen LogP contribution in [-0.2, 0) is 0 Å². The SMILES string of the molecule is Cc1c[c]c(-n2cccn2)c(N2CC3CC(CN(c4cnc5cc(F)ccc5n4)C3)C2)c1. The smallest absolute Gasteiger partial charge is 0.147 e. The molecule has 6 nitrogen and oxygen atoms in total. The van der Waals surface area contributed by atoms with Gasteiger partial charge >= 0.3 is 0 Å². The summed E-state index contributed by atoms with van der Waals surface area (Å²) in [5, 5.41) is 4.44. The summed E-state index contributed by atoms with van der Waals surface area (Å²) >= 11 is 0. The molecule has 2 aliphatic rings. The van der Waals surface area contributed by atoms with Crippen LogP contribution in [0.1, 0.15) is 12.0 Å². The second-order valence-corrected chi connectivity index (χ2v) is 9.00. The Labute approximate surface area is 186 Å². The summed E-state index contributed by atoms with van der Waals surface area (Å²) in [6.07, 6.45) is 6.79. The highest BCUT2D eigenvalue weighted by Crippen LogP contribution is 2.35. The minimum Gasteiger partial charge on any atom is -0.369 e. The van der Waals surface area contributed by atoms with Crippen molar-refractivity contribution < 1.29 is 4.39 Å². The molecule has 0 saturated carbocycles. The zero-order valence-corrected chi connectivity index (χ0v) is 17.9. The van der Waals surface area contributed by atoms with Gasteiger partial charge in [0.05, 0.1) is 28.6 Å². The maximum atomic E-state index is 13.5. The minimum absolute atomic E-state index is 0.282. The highest BCUT2D eigenvalue weighted by atomic mass is 19.1. The Bertz CT molecular complexity index is 1260. The first-order valence-corrected chi connectivity index (χ1v) is 11.1. The van der Waals surface area contributed by atoms with Crippen molar-refractivity contribution in [1.29, 1.82) is 0 Å². The largest absolute Gasteiger partial charge is 0.369 e. The average molecular weight is 428 g/mol. The average Bonchev–Trinajstić information content (AvgIpc) is 3.32. The quantitative estimate of drug-likeness (QED) is 0.494. The molecule has 2 atom stereocenters. The third-order valence-corrected chi connectivity index (χ3v) is 6.51. The number of fused-ring (bicyclic) bond motifs is 3. The molecule has 2 unspecified atom stereocenters. The van der Waals surface area contributed by atoms with E-state index in [1.165, 1.54) is 29.8 Å². The standard InChI is InChI=1S/C25H24FN6/c1-17-3-6-23(32-8-2-7-28-32)24(9-17)30-13-18-10-19(14-30)16-31(15-18)25-12-27-22-11-20(26)4-5-21(22)29-25/h2-5,7-9,11-12,18-19H,10,13-16H2,1H3. The summed E-state index contributed by atoms with van der Waals surface area (Å²) in [7, 11) is 0. The van der Waals surface area contributed by atoms with Crippen LogP contribution in [0.25, 0.3) is 16.7 Å². The van der Waals surface area contributed by atoms with E-state index in [9.17, 15) is 4.39 Å². The fourth-order valence-electron chi connectivity index (χ4n) is 5.20. The molecule has 0 spiro atoms. The molecule has 32 heavy (non-hydrogen) atoms.